The van der Waals surface area contributed by atoms with E-state index in [0.29, 0.717) is 0 Å². The zero-order chi connectivity index (χ0) is 18.8. The van der Waals surface area contributed by atoms with Crippen molar-refractivity contribution in [3.63, 3.8) is 0 Å². The van der Waals surface area contributed by atoms with Crippen LogP contribution >= 0.6 is 0 Å². The fourth-order valence-corrected chi connectivity index (χ4v) is 8.29. The topological polar surface area (TPSA) is 35.5 Å². The first-order valence-corrected chi connectivity index (χ1v) is 10.8. The predicted molar refractivity (Wildman–Crippen MR) is 103 cm³/mol. The van der Waals surface area contributed by atoms with Gasteiger partial charge in [-0.15, -0.1) is 0 Å². The second-order valence-electron chi connectivity index (χ2n) is 7.74. The van der Waals surface area contributed by atoms with Crippen molar-refractivity contribution < 1.29 is 18.3 Å². The average molecular weight is 373 g/mol. The van der Waals surface area contributed by atoms with Crippen LogP contribution < -0.4 is 10.4 Å². The summed E-state index contributed by atoms with van der Waals surface area (Å²) >= 11 is 0. The standard InChI is InChI=1S/C21H25FO3Si/c1-21(2,3)26(17-10-6-4-7-11-17,18-12-8-5-9-13-18)24-15-16-14-19(22)20(23)25-16/h4-13,16,19H,14-15H2,1-3H3/t16-,19+/m0/s1. The van der Waals surface area contributed by atoms with Crippen molar-refractivity contribution in [2.75, 3.05) is 6.61 Å². The number of halogens is 1. The molecule has 0 bridgehead atoms. The summed E-state index contributed by atoms with van der Waals surface area (Å²) in [5, 5.41) is 2.15. The van der Waals surface area contributed by atoms with Gasteiger partial charge in [-0.1, -0.05) is 81.4 Å². The number of hydrogen-bond acceptors (Lipinski definition) is 3. The maximum atomic E-state index is 13.5. The quantitative estimate of drug-likeness (QED) is 0.597. The van der Waals surface area contributed by atoms with Gasteiger partial charge in [0.15, 0.2) is 0 Å². The number of esters is 1. The van der Waals surface area contributed by atoms with Crippen LogP contribution in [0.5, 0.6) is 0 Å². The number of carbonyl (C=O) groups is 1. The van der Waals surface area contributed by atoms with E-state index in [0.717, 1.165) is 10.4 Å². The molecule has 26 heavy (non-hydrogen) atoms. The number of ether oxygens (including phenoxy) is 1. The van der Waals surface area contributed by atoms with Crippen LogP contribution in [0.1, 0.15) is 27.2 Å². The lowest BCUT2D eigenvalue weighted by atomic mass is 10.2. The molecule has 0 N–H and O–H groups in total. The number of hydrogen-bond donors (Lipinski definition) is 0. The van der Waals surface area contributed by atoms with Gasteiger partial charge >= 0.3 is 5.97 Å². The first-order chi connectivity index (χ1) is 12.3. The van der Waals surface area contributed by atoms with Crippen LogP contribution in [-0.4, -0.2) is 33.2 Å². The second kappa shape index (κ2) is 7.33. The lowest BCUT2D eigenvalue weighted by Crippen LogP contribution is -2.67. The molecule has 1 aliphatic heterocycles. The lowest BCUT2D eigenvalue weighted by molar-refractivity contribution is -0.145. The normalized spacial score (nSPS) is 20.8. The van der Waals surface area contributed by atoms with Crippen LogP contribution in [0, 0.1) is 0 Å². The van der Waals surface area contributed by atoms with Crippen LogP contribution in [0.15, 0.2) is 60.7 Å². The number of cyclic esters (lactones) is 1. The summed E-state index contributed by atoms with van der Waals surface area (Å²) in [7, 11) is -2.67. The third-order valence-corrected chi connectivity index (χ3v) is 9.92. The van der Waals surface area contributed by atoms with E-state index in [1.54, 1.807) is 0 Å². The highest BCUT2D eigenvalue weighted by atomic mass is 28.4. The van der Waals surface area contributed by atoms with Crippen molar-refractivity contribution in [2.24, 2.45) is 0 Å². The van der Waals surface area contributed by atoms with Gasteiger partial charge in [-0.2, -0.15) is 0 Å². The Morgan fingerprint density at radius 1 is 1.04 bits per heavy atom. The molecule has 1 heterocycles. The zero-order valence-corrected chi connectivity index (χ0v) is 16.4. The second-order valence-corrected chi connectivity index (χ2v) is 12.0. The Bertz CT molecular complexity index is 703. The number of benzene rings is 2. The zero-order valence-electron chi connectivity index (χ0n) is 15.4. The molecule has 0 unspecified atom stereocenters. The minimum Gasteiger partial charge on any atom is -0.458 e. The first-order valence-electron chi connectivity index (χ1n) is 8.94. The largest absolute Gasteiger partial charge is 0.458 e. The molecule has 1 fully saturated rings. The van der Waals surface area contributed by atoms with Gasteiger partial charge in [-0.3, -0.25) is 0 Å². The Morgan fingerprint density at radius 3 is 1.92 bits per heavy atom. The van der Waals surface area contributed by atoms with Gasteiger partial charge in [0.1, 0.15) is 6.10 Å². The predicted octanol–water partition coefficient (Wildman–Crippen LogP) is 3.22. The van der Waals surface area contributed by atoms with Gasteiger partial charge in [0, 0.05) is 6.42 Å². The molecule has 1 aliphatic rings. The molecule has 138 valence electrons. The van der Waals surface area contributed by atoms with E-state index in [1.165, 1.54) is 0 Å². The first kappa shape index (κ1) is 18.8. The van der Waals surface area contributed by atoms with E-state index < -0.39 is 26.6 Å². The SMILES string of the molecule is CC(C)(C)[Si](OC[C@@H]1C[C@@H](F)C(=O)O1)(c1ccccc1)c1ccccc1. The van der Waals surface area contributed by atoms with Crippen LogP contribution in [0.4, 0.5) is 4.39 Å². The number of alkyl halides is 1. The van der Waals surface area contributed by atoms with E-state index in [-0.39, 0.29) is 18.1 Å². The third kappa shape index (κ3) is 3.46. The van der Waals surface area contributed by atoms with Crippen molar-refractivity contribution in [1.82, 2.24) is 0 Å². The van der Waals surface area contributed by atoms with Crippen molar-refractivity contribution in [3.8, 4) is 0 Å². The van der Waals surface area contributed by atoms with E-state index in [9.17, 15) is 9.18 Å². The Morgan fingerprint density at radius 2 is 1.54 bits per heavy atom. The summed E-state index contributed by atoms with van der Waals surface area (Å²) in [6, 6.07) is 20.4. The van der Waals surface area contributed by atoms with Gasteiger partial charge in [-0.05, 0) is 15.4 Å². The molecule has 3 nitrogen and oxygen atoms in total. The molecule has 0 spiro atoms. The van der Waals surface area contributed by atoms with E-state index in [4.69, 9.17) is 9.16 Å². The summed E-state index contributed by atoms with van der Waals surface area (Å²) in [6.07, 6.45) is -2.00. The highest BCUT2D eigenvalue weighted by Crippen LogP contribution is 2.37. The van der Waals surface area contributed by atoms with Crippen LogP contribution in [0.3, 0.4) is 0 Å². The minimum atomic E-state index is -2.67. The molecule has 2 aromatic carbocycles. The van der Waals surface area contributed by atoms with Gasteiger partial charge < -0.3 is 9.16 Å². The van der Waals surface area contributed by atoms with E-state index in [2.05, 4.69) is 45.0 Å². The molecule has 2 atom stereocenters. The summed E-state index contributed by atoms with van der Waals surface area (Å²) in [5.74, 6) is -0.777. The molecule has 0 radical (unpaired) electrons. The van der Waals surface area contributed by atoms with Crippen molar-refractivity contribution in [3.05, 3.63) is 60.7 Å². The fraction of sp³-hybridized carbons (Fsp3) is 0.381. The highest BCUT2D eigenvalue weighted by molar-refractivity contribution is 6.99. The highest BCUT2D eigenvalue weighted by Gasteiger charge is 2.51. The molecular weight excluding hydrogens is 347 g/mol. The van der Waals surface area contributed by atoms with Crippen molar-refractivity contribution >= 4 is 24.7 Å². The van der Waals surface area contributed by atoms with E-state index in [1.807, 2.05) is 36.4 Å². The maximum Gasteiger partial charge on any atom is 0.341 e. The Labute approximate surface area is 155 Å². The average Bonchev–Trinajstić information content (AvgIpc) is 2.94. The maximum absolute atomic E-state index is 13.5. The Kier molecular flexibility index (Phi) is 5.30. The molecule has 0 saturated carbocycles. The monoisotopic (exact) mass is 372 g/mol. The molecular formula is C21H25FO3Si. The van der Waals surface area contributed by atoms with Crippen LogP contribution in [0.25, 0.3) is 0 Å². The smallest absolute Gasteiger partial charge is 0.341 e. The molecule has 0 amide bonds. The van der Waals surface area contributed by atoms with Crippen molar-refractivity contribution in [1.29, 1.82) is 0 Å². The fourth-order valence-electron chi connectivity index (χ4n) is 3.69. The summed E-state index contributed by atoms with van der Waals surface area (Å²) in [5.41, 5.74) is 0. The molecule has 1 saturated heterocycles. The van der Waals surface area contributed by atoms with Gasteiger partial charge in [0.25, 0.3) is 8.32 Å². The molecule has 0 aliphatic carbocycles. The summed E-state index contributed by atoms with van der Waals surface area (Å²) in [6.45, 7) is 6.74. The van der Waals surface area contributed by atoms with E-state index >= 15 is 0 Å². The van der Waals surface area contributed by atoms with Gasteiger partial charge in [0.05, 0.1) is 6.61 Å². The minimum absolute atomic E-state index is 0.0665. The molecule has 2 aromatic rings. The van der Waals surface area contributed by atoms with Crippen LogP contribution in [-0.2, 0) is 14.0 Å². The Balaban J connectivity index is 2.02. The number of rotatable bonds is 5. The van der Waals surface area contributed by atoms with Crippen molar-refractivity contribution in [2.45, 2.75) is 44.5 Å². The lowest BCUT2D eigenvalue weighted by Gasteiger charge is -2.43. The summed E-state index contributed by atoms with van der Waals surface area (Å²) in [4.78, 5) is 11.4. The molecule has 5 heteroatoms. The van der Waals surface area contributed by atoms with Crippen LogP contribution in [0.2, 0.25) is 5.04 Å². The molecule has 3 rings (SSSR count). The summed E-state index contributed by atoms with van der Waals surface area (Å²) < 4.78 is 25.3. The van der Waals surface area contributed by atoms with Gasteiger partial charge in [0.2, 0.25) is 6.17 Å². The van der Waals surface area contributed by atoms with Gasteiger partial charge in [-0.25, -0.2) is 9.18 Å². The third-order valence-electron chi connectivity index (χ3n) is 4.91. The molecule has 0 aromatic heterocycles. The Hall–Kier alpha value is -1.98. The number of carbonyl (C=O) groups excluding carboxylic acids is 1.